The molecule has 0 saturated carbocycles. The summed E-state index contributed by atoms with van der Waals surface area (Å²) in [5, 5.41) is 10.5. The van der Waals surface area contributed by atoms with E-state index in [9.17, 15) is 24.5 Å². The van der Waals surface area contributed by atoms with Gasteiger partial charge in [-0.1, -0.05) is 11.6 Å². The number of nitro benzene ring substituents is 1. The maximum Gasteiger partial charge on any atom is 0.329 e. The van der Waals surface area contributed by atoms with Crippen LogP contribution in [0.1, 0.15) is 25.0 Å². The molecular formula is C22H18BrClN2O7S. The van der Waals surface area contributed by atoms with Crippen molar-refractivity contribution in [1.82, 2.24) is 4.90 Å². The van der Waals surface area contributed by atoms with Gasteiger partial charge in [-0.05, 0) is 83.0 Å². The Hall–Kier alpha value is -2.89. The number of hydrogen-bond acceptors (Lipinski definition) is 8. The van der Waals surface area contributed by atoms with Crippen LogP contribution >= 0.6 is 39.3 Å². The molecule has 1 aliphatic rings. The van der Waals surface area contributed by atoms with Crippen LogP contribution in [-0.2, 0) is 20.9 Å². The van der Waals surface area contributed by atoms with Gasteiger partial charge in [-0.25, -0.2) is 4.79 Å². The number of esters is 1. The number of rotatable bonds is 8. The second kappa shape index (κ2) is 11.0. The molecule has 2 amide bonds. The van der Waals surface area contributed by atoms with Crippen molar-refractivity contribution in [1.29, 1.82) is 0 Å². The lowest BCUT2D eigenvalue weighted by molar-refractivity contribution is -0.384. The third-order valence-corrected chi connectivity index (χ3v) is 6.44. The fourth-order valence-electron chi connectivity index (χ4n) is 3.00. The van der Waals surface area contributed by atoms with Gasteiger partial charge in [0.2, 0.25) is 0 Å². The van der Waals surface area contributed by atoms with E-state index < -0.39 is 28.1 Å². The molecule has 0 spiro atoms. The number of carbonyl (C=O) groups is 3. The Balaban J connectivity index is 1.75. The zero-order valence-corrected chi connectivity index (χ0v) is 21.1. The van der Waals surface area contributed by atoms with Crippen LogP contribution in [-0.4, -0.2) is 39.6 Å². The molecule has 0 N–H and O–H groups in total. The Bertz CT molecular complexity index is 1160. The molecule has 1 atom stereocenters. The fraction of sp³-hybridized carbons (Fsp3) is 0.227. The fourth-order valence-corrected chi connectivity index (χ4v) is 4.90. The normalized spacial score (nSPS) is 15.5. The molecule has 0 aromatic heterocycles. The van der Waals surface area contributed by atoms with E-state index in [1.807, 2.05) is 0 Å². The molecule has 0 unspecified atom stereocenters. The molecule has 9 nitrogen and oxygen atoms in total. The number of nitro groups is 1. The van der Waals surface area contributed by atoms with Crippen LogP contribution in [0.25, 0.3) is 6.08 Å². The first-order valence-electron chi connectivity index (χ1n) is 9.91. The van der Waals surface area contributed by atoms with Crippen molar-refractivity contribution in [3.63, 3.8) is 0 Å². The van der Waals surface area contributed by atoms with Crippen molar-refractivity contribution in [2.75, 3.05) is 6.61 Å². The number of halogens is 2. The van der Waals surface area contributed by atoms with Gasteiger partial charge in [-0.3, -0.25) is 24.6 Å². The quantitative estimate of drug-likeness (QED) is 0.175. The van der Waals surface area contributed by atoms with E-state index in [0.717, 1.165) is 16.7 Å². The Labute approximate surface area is 212 Å². The number of ether oxygens (including phenoxy) is 2. The number of imide groups is 1. The Kier molecular flexibility index (Phi) is 8.34. The molecule has 0 bridgehead atoms. The van der Waals surface area contributed by atoms with Gasteiger partial charge in [0, 0.05) is 12.1 Å². The van der Waals surface area contributed by atoms with Crippen molar-refractivity contribution in [3.8, 4) is 5.75 Å². The lowest BCUT2D eigenvalue weighted by Gasteiger charge is -2.19. The molecule has 2 aromatic carbocycles. The first-order chi connectivity index (χ1) is 16.1. The molecule has 178 valence electrons. The molecule has 0 radical (unpaired) electrons. The van der Waals surface area contributed by atoms with Crippen LogP contribution in [0.5, 0.6) is 5.75 Å². The summed E-state index contributed by atoms with van der Waals surface area (Å²) >= 11 is 10.5. The highest BCUT2D eigenvalue weighted by atomic mass is 79.9. The van der Waals surface area contributed by atoms with E-state index in [2.05, 4.69) is 15.9 Å². The van der Waals surface area contributed by atoms with Crippen molar-refractivity contribution in [2.24, 2.45) is 0 Å². The van der Waals surface area contributed by atoms with E-state index in [4.69, 9.17) is 21.1 Å². The minimum atomic E-state index is -1.04. The molecule has 0 aliphatic carbocycles. The van der Waals surface area contributed by atoms with E-state index >= 15 is 0 Å². The van der Waals surface area contributed by atoms with E-state index in [1.165, 1.54) is 25.1 Å². The van der Waals surface area contributed by atoms with Gasteiger partial charge < -0.3 is 9.47 Å². The summed E-state index contributed by atoms with van der Waals surface area (Å²) in [6.07, 6.45) is 1.50. The largest absolute Gasteiger partial charge is 0.486 e. The summed E-state index contributed by atoms with van der Waals surface area (Å²) in [5.74, 6) is -0.908. The molecule has 2 aromatic rings. The van der Waals surface area contributed by atoms with Crippen LogP contribution in [0.2, 0.25) is 5.02 Å². The predicted molar refractivity (Wildman–Crippen MR) is 130 cm³/mol. The molecule has 1 fully saturated rings. The van der Waals surface area contributed by atoms with Gasteiger partial charge >= 0.3 is 5.97 Å². The second-order valence-electron chi connectivity index (χ2n) is 7.01. The van der Waals surface area contributed by atoms with E-state index in [-0.39, 0.29) is 28.8 Å². The zero-order valence-electron chi connectivity index (χ0n) is 17.9. The van der Waals surface area contributed by atoms with Gasteiger partial charge in [-0.2, -0.15) is 0 Å². The molecule has 1 saturated heterocycles. The third-order valence-electron chi connectivity index (χ3n) is 4.69. The standard InChI is InChI=1S/C22H18BrClN2O7S/c1-3-32-21(28)12(2)25-20(27)18(34-22(25)29)10-14-8-16(23)19(17(24)9-14)33-11-13-4-6-15(7-5-13)26(30)31/h4-10,12H,3,11H2,1-2H3/b18-10+/t12-/m1/s1. The molecule has 1 heterocycles. The molecule has 12 heteroatoms. The van der Waals surface area contributed by atoms with Crippen molar-refractivity contribution in [2.45, 2.75) is 26.5 Å². The Morgan fingerprint density at radius 2 is 1.97 bits per heavy atom. The van der Waals surface area contributed by atoms with E-state index in [1.54, 1.807) is 31.2 Å². The van der Waals surface area contributed by atoms with Crippen LogP contribution in [0.3, 0.4) is 0 Å². The SMILES string of the molecule is CCOC(=O)[C@@H](C)N1C(=O)S/C(=C/c2cc(Cl)c(OCc3ccc([N+](=O)[O-])cc3)c(Br)c2)C1=O. The number of thioether (sulfide) groups is 1. The van der Waals surface area contributed by atoms with Gasteiger partial charge in [-0.15, -0.1) is 0 Å². The summed E-state index contributed by atoms with van der Waals surface area (Å²) in [4.78, 5) is 48.3. The maximum atomic E-state index is 12.7. The second-order valence-corrected chi connectivity index (χ2v) is 9.26. The number of amides is 2. The predicted octanol–water partition coefficient (Wildman–Crippen LogP) is 5.58. The highest BCUT2D eigenvalue weighted by molar-refractivity contribution is 9.10. The van der Waals surface area contributed by atoms with Crippen molar-refractivity contribution < 1.29 is 28.8 Å². The summed E-state index contributed by atoms with van der Waals surface area (Å²) in [6, 6.07) is 8.13. The first-order valence-corrected chi connectivity index (χ1v) is 11.9. The highest BCUT2D eigenvalue weighted by Gasteiger charge is 2.41. The van der Waals surface area contributed by atoms with Gasteiger partial charge in [0.25, 0.3) is 16.8 Å². The average Bonchev–Trinajstić information content (AvgIpc) is 3.05. The third kappa shape index (κ3) is 5.78. The molecular weight excluding hydrogens is 552 g/mol. The minimum absolute atomic E-state index is 0.0200. The first kappa shape index (κ1) is 25.7. The number of non-ortho nitro benzene ring substituents is 1. The monoisotopic (exact) mass is 568 g/mol. The number of hydrogen-bond donors (Lipinski definition) is 0. The van der Waals surface area contributed by atoms with Gasteiger partial charge in [0.05, 0.1) is 25.9 Å². The summed E-state index contributed by atoms with van der Waals surface area (Å²) < 4.78 is 11.2. The van der Waals surface area contributed by atoms with E-state index in [0.29, 0.717) is 21.3 Å². The molecule has 3 rings (SSSR count). The van der Waals surface area contributed by atoms with Crippen LogP contribution in [0.15, 0.2) is 45.8 Å². The highest BCUT2D eigenvalue weighted by Crippen LogP contribution is 2.38. The number of benzene rings is 2. The van der Waals surface area contributed by atoms with Gasteiger partial charge in [0.15, 0.2) is 5.75 Å². The van der Waals surface area contributed by atoms with Crippen molar-refractivity contribution in [3.05, 3.63) is 72.0 Å². The smallest absolute Gasteiger partial charge is 0.329 e. The van der Waals surface area contributed by atoms with Crippen LogP contribution < -0.4 is 4.74 Å². The zero-order chi connectivity index (χ0) is 25.0. The van der Waals surface area contributed by atoms with Crippen LogP contribution in [0.4, 0.5) is 10.5 Å². The minimum Gasteiger partial charge on any atom is -0.486 e. The Morgan fingerprint density at radius 1 is 1.29 bits per heavy atom. The average molecular weight is 570 g/mol. The lowest BCUT2D eigenvalue weighted by Crippen LogP contribution is -2.42. The summed E-state index contributed by atoms with van der Waals surface area (Å²) in [6.45, 7) is 3.34. The molecule has 1 aliphatic heterocycles. The van der Waals surface area contributed by atoms with Crippen LogP contribution in [0, 0.1) is 10.1 Å². The molecule has 34 heavy (non-hydrogen) atoms. The summed E-state index contributed by atoms with van der Waals surface area (Å²) in [7, 11) is 0. The van der Waals surface area contributed by atoms with Crippen molar-refractivity contribution >= 4 is 68.2 Å². The Morgan fingerprint density at radius 3 is 2.56 bits per heavy atom. The van der Waals surface area contributed by atoms with Gasteiger partial charge in [0.1, 0.15) is 12.6 Å². The summed E-state index contributed by atoms with van der Waals surface area (Å²) in [5.41, 5.74) is 1.23. The maximum absolute atomic E-state index is 12.7. The topological polar surface area (TPSA) is 116 Å². The number of carbonyl (C=O) groups excluding carboxylic acids is 3. The number of nitrogens with zero attached hydrogens (tertiary/aromatic N) is 2. The lowest BCUT2D eigenvalue weighted by atomic mass is 10.2.